The number of anilines is 1. The summed E-state index contributed by atoms with van der Waals surface area (Å²) in [5.41, 5.74) is 10.3. The van der Waals surface area contributed by atoms with Crippen LogP contribution in [0, 0.1) is 23.2 Å². The minimum atomic E-state index is 0.160. The van der Waals surface area contributed by atoms with Crippen molar-refractivity contribution in [1.82, 2.24) is 15.1 Å². The fraction of sp³-hybridized carbons (Fsp3) is 0.500. The summed E-state index contributed by atoms with van der Waals surface area (Å²) in [5.74, 6) is 2.09. The largest absolute Gasteiger partial charge is 0.384 e. The van der Waals surface area contributed by atoms with Crippen LogP contribution in [0.3, 0.4) is 0 Å². The van der Waals surface area contributed by atoms with E-state index in [1.807, 2.05) is 18.2 Å². The van der Waals surface area contributed by atoms with Gasteiger partial charge in [-0.1, -0.05) is 19.9 Å². The summed E-state index contributed by atoms with van der Waals surface area (Å²) in [6.07, 6.45) is 2.78. The molecule has 148 valence electrons. The lowest BCUT2D eigenvalue weighted by Crippen LogP contribution is -2.30. The normalized spacial score (nSPS) is 22.0. The topological polar surface area (TPSA) is 82.1 Å². The van der Waals surface area contributed by atoms with Gasteiger partial charge in [-0.3, -0.25) is 10.3 Å². The molecule has 0 saturated carbocycles. The zero-order chi connectivity index (χ0) is 19.7. The van der Waals surface area contributed by atoms with Gasteiger partial charge in [0.15, 0.2) is 0 Å². The molecule has 4 rings (SSSR count). The summed E-state index contributed by atoms with van der Waals surface area (Å²) in [7, 11) is 0. The average Bonchev–Trinajstić information content (AvgIpc) is 3.20. The maximum absolute atomic E-state index is 8.00. The summed E-state index contributed by atoms with van der Waals surface area (Å²) >= 11 is 0. The quantitative estimate of drug-likeness (QED) is 0.596. The highest BCUT2D eigenvalue weighted by atomic mass is 15.2. The van der Waals surface area contributed by atoms with Crippen LogP contribution in [0.25, 0.3) is 0 Å². The first-order chi connectivity index (χ1) is 13.5. The summed E-state index contributed by atoms with van der Waals surface area (Å²) in [6, 6.07) is 10.4. The Kier molecular flexibility index (Phi) is 5.31. The number of aromatic nitrogens is 2. The summed E-state index contributed by atoms with van der Waals surface area (Å²) < 4.78 is 0. The Balaban J connectivity index is 1.46. The number of benzene rings is 1. The van der Waals surface area contributed by atoms with E-state index in [-0.39, 0.29) is 5.84 Å². The Morgan fingerprint density at radius 1 is 1.18 bits per heavy atom. The number of likely N-dealkylation sites (tertiary alicyclic amines) is 1. The first-order valence-corrected chi connectivity index (χ1v) is 10.2. The number of nitrogen functional groups attached to an aromatic ring is 1. The Hall–Kier alpha value is -2.47. The molecule has 3 N–H and O–H groups in total. The van der Waals surface area contributed by atoms with Gasteiger partial charge >= 0.3 is 0 Å². The second-order valence-electron chi connectivity index (χ2n) is 8.70. The molecule has 0 radical (unpaired) electrons. The van der Waals surface area contributed by atoms with Crippen LogP contribution in [0.1, 0.15) is 30.7 Å². The maximum Gasteiger partial charge on any atom is 0.124 e. The molecule has 2 aliphatic rings. The zero-order valence-corrected chi connectivity index (χ0v) is 16.8. The van der Waals surface area contributed by atoms with Crippen molar-refractivity contribution in [2.24, 2.45) is 23.5 Å². The van der Waals surface area contributed by atoms with Crippen LogP contribution in [0.15, 0.2) is 36.5 Å². The van der Waals surface area contributed by atoms with Gasteiger partial charge in [0.05, 0.1) is 5.69 Å². The number of nitrogens with two attached hydrogens (primary N) is 1. The first-order valence-electron chi connectivity index (χ1n) is 10.2. The van der Waals surface area contributed by atoms with E-state index in [2.05, 4.69) is 46.0 Å². The van der Waals surface area contributed by atoms with E-state index in [4.69, 9.17) is 11.1 Å². The number of nitrogens with zero attached hydrogens (tertiary/aromatic N) is 4. The Labute approximate surface area is 167 Å². The van der Waals surface area contributed by atoms with Gasteiger partial charge in [0.2, 0.25) is 0 Å². The molecule has 0 amide bonds. The molecule has 2 atom stereocenters. The van der Waals surface area contributed by atoms with Gasteiger partial charge in [-0.05, 0) is 54.0 Å². The van der Waals surface area contributed by atoms with Crippen molar-refractivity contribution >= 4 is 11.5 Å². The second-order valence-corrected chi connectivity index (χ2v) is 8.70. The third-order valence-electron chi connectivity index (χ3n) is 5.91. The Morgan fingerprint density at radius 2 is 1.93 bits per heavy atom. The third-order valence-corrected chi connectivity index (χ3v) is 5.91. The van der Waals surface area contributed by atoms with Gasteiger partial charge in [-0.25, -0.2) is 0 Å². The Morgan fingerprint density at radius 3 is 2.54 bits per heavy atom. The number of amidine groups is 1. The third kappa shape index (κ3) is 4.02. The summed E-state index contributed by atoms with van der Waals surface area (Å²) in [6.45, 7) is 9.62. The lowest BCUT2D eigenvalue weighted by atomic mass is 9.99. The van der Waals surface area contributed by atoms with Crippen molar-refractivity contribution in [3.8, 4) is 0 Å². The summed E-state index contributed by atoms with van der Waals surface area (Å²) in [4.78, 5) is 4.95. The SMILES string of the molecule is CC(C)Cc1ccc(C(=N)N)c(N2CC3CN(Cc4cccnn4)CC3C2)c1. The van der Waals surface area contributed by atoms with Crippen LogP contribution >= 0.6 is 0 Å². The van der Waals surface area contributed by atoms with Crippen LogP contribution in [-0.2, 0) is 13.0 Å². The molecule has 6 nitrogen and oxygen atoms in total. The predicted molar refractivity (Wildman–Crippen MR) is 113 cm³/mol. The van der Waals surface area contributed by atoms with Crippen molar-refractivity contribution in [1.29, 1.82) is 5.41 Å². The van der Waals surface area contributed by atoms with Gasteiger partial charge in [0.1, 0.15) is 5.84 Å². The number of fused-ring (bicyclic) bond motifs is 1. The van der Waals surface area contributed by atoms with Crippen molar-refractivity contribution in [2.75, 3.05) is 31.1 Å². The molecule has 2 saturated heterocycles. The van der Waals surface area contributed by atoms with E-state index in [1.54, 1.807) is 6.20 Å². The van der Waals surface area contributed by atoms with E-state index < -0.39 is 0 Å². The highest BCUT2D eigenvalue weighted by Crippen LogP contribution is 2.36. The van der Waals surface area contributed by atoms with Crippen LogP contribution in [0.5, 0.6) is 0 Å². The van der Waals surface area contributed by atoms with E-state index in [0.717, 1.165) is 56.1 Å². The molecule has 0 spiro atoms. The van der Waals surface area contributed by atoms with Gasteiger partial charge < -0.3 is 10.6 Å². The molecule has 0 bridgehead atoms. The highest BCUT2D eigenvalue weighted by Gasteiger charge is 2.40. The van der Waals surface area contributed by atoms with Gasteiger partial charge in [0, 0.05) is 50.2 Å². The smallest absolute Gasteiger partial charge is 0.124 e. The molecule has 1 aromatic heterocycles. The van der Waals surface area contributed by atoms with E-state index in [9.17, 15) is 0 Å². The van der Waals surface area contributed by atoms with Gasteiger partial charge in [0.25, 0.3) is 0 Å². The Bertz CT molecular complexity index is 820. The lowest BCUT2D eigenvalue weighted by molar-refractivity contribution is 0.304. The lowest BCUT2D eigenvalue weighted by Gasteiger charge is -2.25. The van der Waals surface area contributed by atoms with Crippen LogP contribution in [-0.4, -0.2) is 47.1 Å². The predicted octanol–water partition coefficient (Wildman–Crippen LogP) is 2.53. The molecule has 2 aliphatic heterocycles. The zero-order valence-electron chi connectivity index (χ0n) is 16.8. The average molecular weight is 379 g/mol. The van der Waals surface area contributed by atoms with Crippen molar-refractivity contribution < 1.29 is 0 Å². The molecule has 2 unspecified atom stereocenters. The fourth-order valence-electron chi connectivity index (χ4n) is 4.73. The van der Waals surface area contributed by atoms with Crippen LogP contribution in [0.4, 0.5) is 5.69 Å². The molecule has 2 aromatic rings. The van der Waals surface area contributed by atoms with Crippen molar-refractivity contribution in [2.45, 2.75) is 26.8 Å². The number of hydrogen-bond acceptors (Lipinski definition) is 5. The molecule has 3 heterocycles. The van der Waals surface area contributed by atoms with E-state index >= 15 is 0 Å². The molecular weight excluding hydrogens is 348 g/mol. The fourth-order valence-corrected chi connectivity index (χ4v) is 4.73. The highest BCUT2D eigenvalue weighted by molar-refractivity contribution is 6.00. The number of rotatable bonds is 6. The minimum absolute atomic E-state index is 0.160. The number of hydrogen-bond donors (Lipinski definition) is 2. The molecule has 1 aromatic carbocycles. The van der Waals surface area contributed by atoms with Crippen LogP contribution < -0.4 is 10.6 Å². The molecule has 0 aliphatic carbocycles. The van der Waals surface area contributed by atoms with Crippen molar-refractivity contribution in [3.05, 3.63) is 53.3 Å². The summed E-state index contributed by atoms with van der Waals surface area (Å²) in [5, 5.41) is 16.2. The van der Waals surface area contributed by atoms with Gasteiger partial charge in [-0.2, -0.15) is 10.2 Å². The molecule has 6 heteroatoms. The molecular formula is C22H30N6. The monoisotopic (exact) mass is 378 g/mol. The van der Waals surface area contributed by atoms with E-state index in [0.29, 0.717) is 17.8 Å². The van der Waals surface area contributed by atoms with Crippen LogP contribution in [0.2, 0.25) is 0 Å². The van der Waals surface area contributed by atoms with E-state index in [1.165, 1.54) is 5.56 Å². The standard InChI is InChI=1S/C22H30N6/c1-15(2)8-16-5-6-20(22(23)24)21(9-16)28-12-17-10-27(11-18(17)13-28)14-19-4-3-7-25-26-19/h3-7,9,15,17-18H,8,10-14H2,1-2H3,(H3,23,24). The second kappa shape index (κ2) is 7.87. The minimum Gasteiger partial charge on any atom is -0.384 e. The van der Waals surface area contributed by atoms with Gasteiger partial charge in [-0.15, -0.1) is 0 Å². The first kappa shape index (κ1) is 18.9. The molecule has 2 fully saturated rings. The number of nitrogens with one attached hydrogen (secondary N) is 1. The maximum atomic E-state index is 8.00. The van der Waals surface area contributed by atoms with Crippen molar-refractivity contribution in [3.63, 3.8) is 0 Å². The molecule has 28 heavy (non-hydrogen) atoms.